The number of rotatable bonds is 7. The van der Waals surface area contributed by atoms with Crippen LogP contribution in [0.5, 0.6) is 0 Å². The van der Waals surface area contributed by atoms with Gasteiger partial charge in [0.15, 0.2) is 9.84 Å². The Morgan fingerprint density at radius 1 is 1.08 bits per heavy atom. The summed E-state index contributed by atoms with van der Waals surface area (Å²) in [4.78, 5) is 14.4. The molecule has 0 fully saturated rings. The first-order valence-electron chi connectivity index (χ1n) is 8.21. The SMILES string of the molecule is CCCCCS(=O)(=O)c1cccc(C(=O)N(C)c2cccc(Br)c2)c1. The van der Waals surface area contributed by atoms with Crippen LogP contribution in [-0.4, -0.2) is 27.1 Å². The van der Waals surface area contributed by atoms with E-state index in [0.717, 1.165) is 23.0 Å². The van der Waals surface area contributed by atoms with Crippen molar-refractivity contribution in [1.82, 2.24) is 0 Å². The topological polar surface area (TPSA) is 54.5 Å². The second-order valence-electron chi connectivity index (χ2n) is 5.90. The van der Waals surface area contributed by atoms with Crippen molar-refractivity contribution in [3.8, 4) is 0 Å². The summed E-state index contributed by atoms with van der Waals surface area (Å²) in [6.45, 7) is 2.03. The highest BCUT2D eigenvalue weighted by Gasteiger charge is 2.18. The number of carbonyl (C=O) groups is 1. The van der Waals surface area contributed by atoms with E-state index in [0.29, 0.717) is 12.0 Å². The van der Waals surface area contributed by atoms with Crippen molar-refractivity contribution >= 4 is 37.4 Å². The number of hydrogen-bond donors (Lipinski definition) is 0. The Kier molecular flexibility index (Phi) is 6.79. The van der Waals surface area contributed by atoms with Gasteiger partial charge in [0, 0.05) is 22.8 Å². The first-order valence-corrected chi connectivity index (χ1v) is 10.7. The molecule has 0 radical (unpaired) electrons. The molecule has 2 aromatic carbocycles. The van der Waals surface area contributed by atoms with Gasteiger partial charge in [0.05, 0.1) is 10.6 Å². The first-order chi connectivity index (χ1) is 11.8. The molecule has 0 aliphatic rings. The van der Waals surface area contributed by atoms with Gasteiger partial charge in [0.25, 0.3) is 5.91 Å². The predicted molar refractivity (Wildman–Crippen MR) is 105 cm³/mol. The van der Waals surface area contributed by atoms with Gasteiger partial charge in [-0.05, 0) is 42.8 Å². The van der Waals surface area contributed by atoms with E-state index < -0.39 is 9.84 Å². The van der Waals surface area contributed by atoms with Crippen LogP contribution in [0.3, 0.4) is 0 Å². The molecule has 0 aliphatic carbocycles. The van der Waals surface area contributed by atoms with E-state index in [1.807, 2.05) is 31.2 Å². The normalized spacial score (nSPS) is 11.3. The molecule has 0 saturated carbocycles. The number of amides is 1. The van der Waals surface area contributed by atoms with Gasteiger partial charge in [-0.15, -0.1) is 0 Å². The number of hydrogen-bond acceptors (Lipinski definition) is 3. The summed E-state index contributed by atoms with van der Waals surface area (Å²) in [6.07, 6.45) is 2.48. The minimum atomic E-state index is -3.36. The molecule has 0 unspecified atom stereocenters. The maximum absolute atomic E-state index is 12.7. The molecule has 6 heteroatoms. The fraction of sp³-hybridized carbons (Fsp3) is 0.316. The van der Waals surface area contributed by atoms with E-state index in [1.54, 1.807) is 25.2 Å². The highest BCUT2D eigenvalue weighted by Crippen LogP contribution is 2.22. The minimum Gasteiger partial charge on any atom is -0.311 e. The molecule has 0 saturated heterocycles. The molecule has 0 bridgehead atoms. The fourth-order valence-corrected chi connectivity index (χ4v) is 4.28. The van der Waals surface area contributed by atoms with Crippen LogP contribution in [-0.2, 0) is 9.84 Å². The second-order valence-corrected chi connectivity index (χ2v) is 8.92. The third-order valence-corrected chi connectivity index (χ3v) is 6.25. The average molecular weight is 424 g/mol. The summed E-state index contributed by atoms with van der Waals surface area (Å²) >= 11 is 3.39. The van der Waals surface area contributed by atoms with Crippen LogP contribution in [0.25, 0.3) is 0 Å². The van der Waals surface area contributed by atoms with Crippen molar-refractivity contribution in [3.05, 3.63) is 58.6 Å². The summed E-state index contributed by atoms with van der Waals surface area (Å²) in [5.74, 6) is -0.135. The predicted octanol–water partition coefficient (Wildman–Crippen LogP) is 4.69. The van der Waals surface area contributed by atoms with Crippen molar-refractivity contribution in [2.24, 2.45) is 0 Å². The molecule has 0 aliphatic heterocycles. The maximum Gasteiger partial charge on any atom is 0.258 e. The van der Waals surface area contributed by atoms with E-state index in [9.17, 15) is 13.2 Å². The van der Waals surface area contributed by atoms with Crippen LogP contribution >= 0.6 is 15.9 Å². The summed E-state index contributed by atoms with van der Waals surface area (Å²) in [6, 6.07) is 13.7. The molecule has 2 aromatic rings. The number of nitrogens with zero attached hydrogens (tertiary/aromatic N) is 1. The number of benzene rings is 2. The molecule has 0 spiro atoms. The highest BCUT2D eigenvalue weighted by atomic mass is 79.9. The third kappa shape index (κ3) is 5.16. The average Bonchev–Trinajstić information content (AvgIpc) is 2.60. The van der Waals surface area contributed by atoms with Crippen LogP contribution in [0.15, 0.2) is 57.9 Å². The Bertz CT molecular complexity index is 849. The van der Waals surface area contributed by atoms with Gasteiger partial charge in [-0.2, -0.15) is 0 Å². The third-order valence-electron chi connectivity index (χ3n) is 3.96. The van der Waals surface area contributed by atoms with Crippen molar-refractivity contribution in [2.45, 2.75) is 31.1 Å². The lowest BCUT2D eigenvalue weighted by atomic mass is 10.2. The number of unbranched alkanes of at least 4 members (excludes halogenated alkanes) is 2. The molecule has 0 N–H and O–H groups in total. The lowest BCUT2D eigenvalue weighted by molar-refractivity contribution is 0.0993. The summed E-state index contributed by atoms with van der Waals surface area (Å²) in [5, 5.41) is 0. The van der Waals surface area contributed by atoms with Gasteiger partial charge >= 0.3 is 0 Å². The zero-order valence-corrected chi connectivity index (χ0v) is 16.8. The number of sulfone groups is 1. The minimum absolute atomic E-state index is 0.111. The van der Waals surface area contributed by atoms with Gasteiger partial charge in [-0.25, -0.2) is 8.42 Å². The van der Waals surface area contributed by atoms with Gasteiger partial charge in [0.2, 0.25) is 0 Å². The van der Waals surface area contributed by atoms with Crippen molar-refractivity contribution in [2.75, 3.05) is 17.7 Å². The molecule has 0 heterocycles. The lowest BCUT2D eigenvalue weighted by Crippen LogP contribution is -2.26. The molecular formula is C19H22BrNO3S. The summed E-state index contributed by atoms with van der Waals surface area (Å²) in [7, 11) is -1.69. The van der Waals surface area contributed by atoms with E-state index in [4.69, 9.17) is 0 Å². The number of carbonyl (C=O) groups excluding carboxylic acids is 1. The Labute approximate surface area is 157 Å². The van der Waals surface area contributed by atoms with E-state index in [1.165, 1.54) is 11.0 Å². The summed E-state index contributed by atoms with van der Waals surface area (Å²) < 4.78 is 25.7. The standard InChI is InChI=1S/C19H22BrNO3S/c1-3-4-5-12-25(23,24)18-11-6-8-15(13-18)19(22)21(2)17-10-7-9-16(20)14-17/h6-11,13-14H,3-5,12H2,1-2H3. The van der Waals surface area contributed by atoms with Gasteiger partial charge in [-0.1, -0.05) is 47.8 Å². The van der Waals surface area contributed by atoms with E-state index >= 15 is 0 Å². The van der Waals surface area contributed by atoms with Crippen LogP contribution in [0, 0.1) is 0 Å². The van der Waals surface area contributed by atoms with Crippen molar-refractivity contribution in [3.63, 3.8) is 0 Å². The zero-order valence-electron chi connectivity index (χ0n) is 14.4. The van der Waals surface area contributed by atoms with Crippen LogP contribution < -0.4 is 4.90 Å². The van der Waals surface area contributed by atoms with Crippen LogP contribution in [0.4, 0.5) is 5.69 Å². The maximum atomic E-state index is 12.7. The number of halogens is 1. The Hall–Kier alpha value is -1.66. The molecule has 25 heavy (non-hydrogen) atoms. The van der Waals surface area contributed by atoms with E-state index in [2.05, 4.69) is 15.9 Å². The van der Waals surface area contributed by atoms with Gasteiger partial charge in [-0.3, -0.25) is 4.79 Å². The first kappa shape index (κ1) is 19.7. The largest absolute Gasteiger partial charge is 0.311 e. The molecule has 2 rings (SSSR count). The number of anilines is 1. The Morgan fingerprint density at radius 3 is 2.48 bits per heavy atom. The molecule has 1 amide bonds. The zero-order chi connectivity index (χ0) is 18.4. The quantitative estimate of drug-likeness (QED) is 0.606. The van der Waals surface area contributed by atoms with Crippen molar-refractivity contribution in [1.29, 1.82) is 0 Å². The molecule has 4 nitrogen and oxygen atoms in total. The smallest absolute Gasteiger partial charge is 0.258 e. The van der Waals surface area contributed by atoms with Crippen LogP contribution in [0.2, 0.25) is 0 Å². The van der Waals surface area contributed by atoms with E-state index in [-0.39, 0.29) is 16.6 Å². The molecular weight excluding hydrogens is 402 g/mol. The fourth-order valence-electron chi connectivity index (χ4n) is 2.48. The van der Waals surface area contributed by atoms with Gasteiger partial charge in [0.1, 0.15) is 0 Å². The van der Waals surface area contributed by atoms with Gasteiger partial charge < -0.3 is 4.90 Å². The monoisotopic (exact) mass is 423 g/mol. The van der Waals surface area contributed by atoms with Crippen molar-refractivity contribution < 1.29 is 13.2 Å². The molecule has 0 aromatic heterocycles. The van der Waals surface area contributed by atoms with Crippen LogP contribution in [0.1, 0.15) is 36.5 Å². The summed E-state index contributed by atoms with van der Waals surface area (Å²) in [5.41, 5.74) is 1.09. The molecule has 0 atom stereocenters. The second kappa shape index (κ2) is 8.63. The Morgan fingerprint density at radius 2 is 1.80 bits per heavy atom. The Balaban J connectivity index is 2.24. The highest BCUT2D eigenvalue weighted by molar-refractivity contribution is 9.10. The molecule has 134 valence electrons. The lowest BCUT2D eigenvalue weighted by Gasteiger charge is -2.18.